The number of anilines is 2. The first-order valence-corrected chi connectivity index (χ1v) is 11.2. The highest BCUT2D eigenvalue weighted by atomic mass is 16.7. The van der Waals surface area contributed by atoms with Crippen LogP contribution in [0, 0.1) is 5.41 Å². The van der Waals surface area contributed by atoms with Gasteiger partial charge in [-0.1, -0.05) is 32.8 Å². The maximum Gasteiger partial charge on any atom is 0.332 e. The van der Waals surface area contributed by atoms with Crippen LogP contribution >= 0.6 is 0 Å². The minimum atomic E-state index is -0.387. The Balaban J connectivity index is 1.71. The van der Waals surface area contributed by atoms with Crippen molar-refractivity contribution in [3.05, 3.63) is 60.1 Å². The molecule has 8 nitrogen and oxygen atoms in total. The fourth-order valence-electron chi connectivity index (χ4n) is 3.40. The maximum absolute atomic E-state index is 12.8. The highest BCUT2D eigenvalue weighted by Crippen LogP contribution is 2.25. The molecular weight excluding hydrogens is 420 g/mol. The number of rotatable bonds is 11. The summed E-state index contributed by atoms with van der Waals surface area (Å²) in [5.74, 6) is -0.515. The van der Waals surface area contributed by atoms with E-state index in [0.29, 0.717) is 35.0 Å². The molecule has 0 fully saturated rings. The average Bonchev–Trinajstić information content (AvgIpc) is 3.23. The molecule has 1 aromatic heterocycles. The lowest BCUT2D eigenvalue weighted by Gasteiger charge is -2.23. The van der Waals surface area contributed by atoms with E-state index in [1.54, 1.807) is 47.5 Å². The van der Waals surface area contributed by atoms with E-state index in [-0.39, 0.29) is 23.5 Å². The first-order chi connectivity index (χ1) is 15.9. The van der Waals surface area contributed by atoms with Gasteiger partial charge in [0.1, 0.15) is 5.84 Å². The number of nitrogens with one attached hydrogen (secondary N) is 2. The molecule has 0 spiro atoms. The summed E-state index contributed by atoms with van der Waals surface area (Å²) in [6.07, 6.45) is 5.58. The van der Waals surface area contributed by atoms with Gasteiger partial charge in [-0.2, -0.15) is 0 Å². The standard InChI is InChI=1S/C25H30N4O4/c1-3-5-6-14-29(33-22(30)7-4-2)20-11-9-19(10-12-20)28-25(31)23-21-13-8-17(24(26)27)15-18(21)16-32-23/h8-13,15-16H,3-7,14H2,1-2H3,(H3,26,27)(H,28,31). The molecule has 0 aliphatic heterocycles. The summed E-state index contributed by atoms with van der Waals surface area (Å²) >= 11 is 0. The molecule has 1 amide bonds. The second-order valence-electron chi connectivity index (χ2n) is 7.80. The van der Waals surface area contributed by atoms with Gasteiger partial charge in [0.15, 0.2) is 5.76 Å². The molecule has 174 valence electrons. The third kappa shape index (κ3) is 6.12. The number of furan rings is 1. The second-order valence-corrected chi connectivity index (χ2v) is 7.80. The molecule has 0 bridgehead atoms. The number of hydroxylamine groups is 1. The first-order valence-electron chi connectivity index (χ1n) is 11.2. The van der Waals surface area contributed by atoms with Gasteiger partial charge in [-0.15, -0.1) is 0 Å². The highest BCUT2D eigenvalue weighted by Gasteiger charge is 2.17. The Morgan fingerprint density at radius 1 is 1.09 bits per heavy atom. The Morgan fingerprint density at radius 2 is 1.85 bits per heavy atom. The van der Waals surface area contributed by atoms with Crippen LogP contribution in [0.2, 0.25) is 0 Å². The van der Waals surface area contributed by atoms with Crippen molar-refractivity contribution in [2.45, 2.75) is 46.0 Å². The summed E-state index contributed by atoms with van der Waals surface area (Å²) in [6.45, 7) is 4.66. The van der Waals surface area contributed by atoms with Gasteiger partial charge in [0.2, 0.25) is 0 Å². The number of unbranched alkanes of at least 4 members (excludes halogenated alkanes) is 2. The predicted octanol–water partition coefficient (Wildman–Crippen LogP) is 5.22. The number of hydrogen-bond acceptors (Lipinski definition) is 6. The Labute approximate surface area is 193 Å². The third-order valence-electron chi connectivity index (χ3n) is 5.16. The van der Waals surface area contributed by atoms with Gasteiger partial charge in [0, 0.05) is 28.4 Å². The van der Waals surface area contributed by atoms with Gasteiger partial charge in [-0.25, -0.2) is 9.86 Å². The zero-order valence-corrected chi connectivity index (χ0v) is 19.0. The number of hydrogen-bond donors (Lipinski definition) is 3. The quantitative estimate of drug-likeness (QED) is 0.159. The van der Waals surface area contributed by atoms with Crippen molar-refractivity contribution in [3.63, 3.8) is 0 Å². The minimum absolute atomic E-state index is 0.0479. The van der Waals surface area contributed by atoms with Crippen LogP contribution in [0.3, 0.4) is 0 Å². The lowest BCUT2D eigenvalue weighted by Crippen LogP contribution is -2.28. The fraction of sp³-hybridized carbons (Fsp3) is 0.320. The number of nitrogen functional groups attached to an aromatic ring is 1. The van der Waals surface area contributed by atoms with Crippen LogP contribution in [0.15, 0.2) is 53.1 Å². The van der Waals surface area contributed by atoms with Gasteiger partial charge < -0.3 is 20.3 Å². The summed E-state index contributed by atoms with van der Waals surface area (Å²) in [5, 5.41) is 13.3. The lowest BCUT2D eigenvalue weighted by molar-refractivity contribution is -0.145. The SMILES string of the molecule is CCCCCN(OC(=O)CCC)c1ccc(NC(=O)c2occ3cc(C(=N)N)ccc23)cc1. The normalized spacial score (nSPS) is 10.7. The van der Waals surface area contributed by atoms with Crippen molar-refractivity contribution in [2.75, 3.05) is 16.9 Å². The van der Waals surface area contributed by atoms with E-state index in [9.17, 15) is 9.59 Å². The molecule has 0 unspecified atom stereocenters. The number of carbonyl (C=O) groups excluding carboxylic acids is 2. The average molecular weight is 451 g/mol. The van der Waals surface area contributed by atoms with Gasteiger partial charge in [0.25, 0.3) is 5.91 Å². The van der Waals surface area contributed by atoms with Crippen molar-refractivity contribution in [2.24, 2.45) is 5.73 Å². The molecule has 3 aromatic rings. The number of benzene rings is 2. The molecule has 3 rings (SSSR count). The number of amides is 1. The van der Waals surface area contributed by atoms with E-state index in [4.69, 9.17) is 20.4 Å². The molecule has 0 saturated heterocycles. The van der Waals surface area contributed by atoms with E-state index >= 15 is 0 Å². The molecule has 0 aliphatic carbocycles. The zero-order chi connectivity index (χ0) is 23.8. The molecular formula is C25H30N4O4. The van der Waals surface area contributed by atoms with Gasteiger partial charge in [-0.05, 0) is 49.2 Å². The Bertz CT molecular complexity index is 1120. The van der Waals surface area contributed by atoms with E-state index in [2.05, 4.69) is 12.2 Å². The van der Waals surface area contributed by atoms with Gasteiger partial charge in [-0.3, -0.25) is 10.2 Å². The predicted molar refractivity (Wildman–Crippen MR) is 129 cm³/mol. The van der Waals surface area contributed by atoms with E-state index in [1.807, 2.05) is 6.92 Å². The molecule has 0 aliphatic rings. The molecule has 4 N–H and O–H groups in total. The highest BCUT2D eigenvalue weighted by molar-refractivity contribution is 6.12. The summed E-state index contributed by atoms with van der Waals surface area (Å²) in [4.78, 5) is 30.3. The molecule has 33 heavy (non-hydrogen) atoms. The maximum atomic E-state index is 12.8. The number of carbonyl (C=O) groups is 2. The molecule has 0 atom stereocenters. The third-order valence-corrected chi connectivity index (χ3v) is 5.16. The van der Waals surface area contributed by atoms with Crippen molar-refractivity contribution >= 4 is 39.9 Å². The van der Waals surface area contributed by atoms with Crippen LogP contribution in [-0.4, -0.2) is 24.3 Å². The molecule has 0 saturated carbocycles. The summed E-state index contributed by atoms with van der Waals surface area (Å²) in [5.41, 5.74) is 7.42. The molecule has 0 radical (unpaired) electrons. The Hall–Kier alpha value is -3.81. The van der Waals surface area contributed by atoms with Crippen molar-refractivity contribution in [1.29, 1.82) is 5.41 Å². The number of fused-ring (bicyclic) bond motifs is 1. The second kappa shape index (κ2) is 11.2. The number of nitrogens with two attached hydrogens (primary N) is 1. The van der Waals surface area contributed by atoms with Crippen LogP contribution in [0.25, 0.3) is 10.8 Å². The van der Waals surface area contributed by atoms with Crippen molar-refractivity contribution < 1.29 is 18.8 Å². The summed E-state index contributed by atoms with van der Waals surface area (Å²) in [6, 6.07) is 12.2. The van der Waals surface area contributed by atoms with Crippen LogP contribution in [0.5, 0.6) is 0 Å². The topological polar surface area (TPSA) is 122 Å². The van der Waals surface area contributed by atoms with Crippen molar-refractivity contribution in [3.8, 4) is 0 Å². The van der Waals surface area contributed by atoms with Gasteiger partial charge in [0.05, 0.1) is 18.5 Å². The Morgan fingerprint density at radius 3 is 2.52 bits per heavy atom. The molecule has 1 heterocycles. The van der Waals surface area contributed by atoms with Crippen LogP contribution in [0.1, 0.15) is 62.1 Å². The van der Waals surface area contributed by atoms with Gasteiger partial charge >= 0.3 is 5.97 Å². The first kappa shape index (κ1) is 23.8. The van der Waals surface area contributed by atoms with Crippen molar-refractivity contribution in [1.82, 2.24) is 0 Å². The lowest BCUT2D eigenvalue weighted by atomic mass is 10.1. The zero-order valence-electron chi connectivity index (χ0n) is 19.0. The monoisotopic (exact) mass is 450 g/mol. The minimum Gasteiger partial charge on any atom is -0.458 e. The van der Waals surface area contributed by atoms with Crippen LogP contribution in [-0.2, 0) is 9.63 Å². The van der Waals surface area contributed by atoms with E-state index in [0.717, 1.165) is 31.4 Å². The van der Waals surface area contributed by atoms with Crippen LogP contribution in [0.4, 0.5) is 11.4 Å². The smallest absolute Gasteiger partial charge is 0.332 e. The summed E-state index contributed by atoms with van der Waals surface area (Å²) in [7, 11) is 0. The van der Waals surface area contributed by atoms with E-state index in [1.165, 1.54) is 6.26 Å². The fourth-order valence-corrected chi connectivity index (χ4v) is 3.40. The number of amidine groups is 1. The number of nitrogens with zero attached hydrogens (tertiary/aromatic N) is 1. The van der Waals surface area contributed by atoms with Crippen LogP contribution < -0.4 is 16.1 Å². The largest absolute Gasteiger partial charge is 0.458 e. The summed E-state index contributed by atoms with van der Waals surface area (Å²) < 4.78 is 5.48. The molecule has 2 aromatic carbocycles. The van der Waals surface area contributed by atoms with E-state index < -0.39 is 0 Å². The Kier molecular flexibility index (Phi) is 8.07. The molecule has 8 heteroatoms.